The van der Waals surface area contributed by atoms with E-state index in [9.17, 15) is 4.39 Å². The van der Waals surface area contributed by atoms with Crippen LogP contribution in [0.25, 0.3) is 0 Å². The lowest BCUT2D eigenvalue weighted by Gasteiger charge is -2.18. The van der Waals surface area contributed by atoms with Crippen molar-refractivity contribution in [3.05, 3.63) is 35.1 Å². The molecule has 0 bridgehead atoms. The maximum Gasteiger partial charge on any atom is 0.126 e. The molecule has 0 aromatic heterocycles. The van der Waals surface area contributed by atoms with Crippen molar-refractivity contribution in [3.63, 3.8) is 0 Å². The highest BCUT2D eigenvalue weighted by Crippen LogP contribution is 2.41. The van der Waals surface area contributed by atoms with Gasteiger partial charge in [0.25, 0.3) is 0 Å². The van der Waals surface area contributed by atoms with E-state index in [0.717, 1.165) is 30.4 Å². The largest absolute Gasteiger partial charge is 0.325 e. The van der Waals surface area contributed by atoms with E-state index in [-0.39, 0.29) is 11.4 Å². The zero-order valence-corrected chi connectivity index (χ0v) is 9.39. The molecule has 0 radical (unpaired) electrons. The molecular weight excluding hydrogens is 189 g/mol. The summed E-state index contributed by atoms with van der Waals surface area (Å²) < 4.78 is 13.7. The molecule has 1 aromatic carbocycles. The predicted molar refractivity (Wildman–Crippen MR) is 60.3 cm³/mol. The minimum absolute atomic E-state index is 0.0562. The molecule has 2 heteroatoms. The van der Waals surface area contributed by atoms with E-state index >= 15 is 0 Å². The second-order valence-corrected chi connectivity index (χ2v) is 5.30. The van der Waals surface area contributed by atoms with Crippen molar-refractivity contribution in [3.8, 4) is 0 Å². The highest BCUT2D eigenvalue weighted by Gasteiger charge is 2.26. The molecule has 1 aliphatic carbocycles. The van der Waals surface area contributed by atoms with Crippen LogP contribution in [0.5, 0.6) is 0 Å². The van der Waals surface area contributed by atoms with Crippen molar-refractivity contribution >= 4 is 0 Å². The quantitative estimate of drug-likeness (QED) is 0.810. The van der Waals surface area contributed by atoms with Crippen LogP contribution in [0.2, 0.25) is 0 Å². The van der Waals surface area contributed by atoms with Gasteiger partial charge in [-0.1, -0.05) is 12.1 Å². The van der Waals surface area contributed by atoms with Gasteiger partial charge in [0.1, 0.15) is 5.82 Å². The van der Waals surface area contributed by atoms with E-state index in [2.05, 4.69) is 0 Å². The van der Waals surface area contributed by atoms with Gasteiger partial charge < -0.3 is 5.73 Å². The summed E-state index contributed by atoms with van der Waals surface area (Å²) >= 11 is 0. The van der Waals surface area contributed by atoms with E-state index in [0.29, 0.717) is 5.92 Å². The highest BCUT2D eigenvalue weighted by atomic mass is 19.1. The van der Waals surface area contributed by atoms with Crippen molar-refractivity contribution in [2.75, 3.05) is 0 Å². The van der Waals surface area contributed by atoms with Crippen LogP contribution in [0.3, 0.4) is 0 Å². The SMILES string of the molecule is CC(C)(N)Cc1ccc(C2CC2)c(F)c1. The first-order valence-electron chi connectivity index (χ1n) is 5.53. The van der Waals surface area contributed by atoms with Gasteiger partial charge in [0.05, 0.1) is 0 Å². The van der Waals surface area contributed by atoms with E-state index < -0.39 is 0 Å². The van der Waals surface area contributed by atoms with Gasteiger partial charge >= 0.3 is 0 Å². The Labute approximate surface area is 90.5 Å². The Balaban J connectivity index is 2.17. The third-order valence-electron chi connectivity index (χ3n) is 2.74. The van der Waals surface area contributed by atoms with E-state index in [1.54, 1.807) is 6.07 Å². The lowest BCUT2D eigenvalue weighted by atomic mass is 9.95. The van der Waals surface area contributed by atoms with Crippen LogP contribution in [-0.2, 0) is 6.42 Å². The second-order valence-electron chi connectivity index (χ2n) is 5.30. The predicted octanol–water partition coefficient (Wildman–Crippen LogP) is 2.98. The van der Waals surface area contributed by atoms with Crippen LogP contribution in [0.15, 0.2) is 18.2 Å². The van der Waals surface area contributed by atoms with E-state index in [1.807, 2.05) is 26.0 Å². The van der Waals surface area contributed by atoms with Gasteiger partial charge in [0.2, 0.25) is 0 Å². The zero-order valence-electron chi connectivity index (χ0n) is 9.39. The molecule has 0 aliphatic heterocycles. The van der Waals surface area contributed by atoms with Gasteiger partial charge in [0.15, 0.2) is 0 Å². The van der Waals surface area contributed by atoms with Crippen molar-refractivity contribution in [1.82, 2.24) is 0 Å². The van der Waals surface area contributed by atoms with E-state index in [1.165, 1.54) is 0 Å². The molecule has 0 spiro atoms. The smallest absolute Gasteiger partial charge is 0.126 e. The minimum Gasteiger partial charge on any atom is -0.325 e. The summed E-state index contributed by atoms with van der Waals surface area (Å²) in [6, 6.07) is 5.57. The van der Waals surface area contributed by atoms with Crippen molar-refractivity contribution in [2.24, 2.45) is 5.73 Å². The average Bonchev–Trinajstić information content (AvgIpc) is 2.84. The van der Waals surface area contributed by atoms with Crippen LogP contribution in [0, 0.1) is 5.82 Å². The van der Waals surface area contributed by atoms with Crippen LogP contribution in [-0.4, -0.2) is 5.54 Å². The normalized spacial score (nSPS) is 16.8. The molecule has 15 heavy (non-hydrogen) atoms. The van der Waals surface area contributed by atoms with Gasteiger partial charge in [-0.25, -0.2) is 4.39 Å². The minimum atomic E-state index is -0.270. The molecule has 1 nitrogen and oxygen atoms in total. The summed E-state index contributed by atoms with van der Waals surface area (Å²) in [4.78, 5) is 0. The Kier molecular flexibility index (Phi) is 2.55. The summed E-state index contributed by atoms with van der Waals surface area (Å²) in [6.07, 6.45) is 2.99. The molecule has 2 N–H and O–H groups in total. The number of nitrogens with two attached hydrogens (primary N) is 1. The molecule has 1 saturated carbocycles. The van der Waals surface area contributed by atoms with Crippen LogP contribution < -0.4 is 5.73 Å². The van der Waals surface area contributed by atoms with E-state index in [4.69, 9.17) is 5.73 Å². The molecule has 1 fully saturated rings. The third-order valence-corrected chi connectivity index (χ3v) is 2.74. The summed E-state index contributed by atoms with van der Waals surface area (Å²) in [5.41, 5.74) is 7.51. The molecule has 0 atom stereocenters. The molecule has 0 saturated heterocycles. The standard InChI is InChI=1S/C13H18FN/c1-13(2,15)8-9-3-6-11(10-4-5-10)12(14)7-9/h3,6-7,10H,4-5,8,15H2,1-2H3. The lowest BCUT2D eigenvalue weighted by Crippen LogP contribution is -2.34. The van der Waals surface area contributed by atoms with Gasteiger partial charge in [-0.2, -0.15) is 0 Å². The monoisotopic (exact) mass is 207 g/mol. The Bertz CT molecular complexity index is 361. The molecule has 2 rings (SSSR count). The van der Waals surface area contributed by atoms with Crippen LogP contribution in [0.1, 0.15) is 43.7 Å². The fourth-order valence-corrected chi connectivity index (χ4v) is 1.93. The molecule has 1 aliphatic rings. The van der Waals surface area contributed by atoms with Gasteiger partial charge in [-0.3, -0.25) is 0 Å². The molecule has 0 amide bonds. The summed E-state index contributed by atoms with van der Waals surface area (Å²) in [5.74, 6) is 0.421. The fraction of sp³-hybridized carbons (Fsp3) is 0.538. The number of benzene rings is 1. The Hall–Kier alpha value is -0.890. The number of halogens is 1. The first kappa shape index (κ1) is 10.6. The van der Waals surface area contributed by atoms with Crippen LogP contribution in [0.4, 0.5) is 4.39 Å². The topological polar surface area (TPSA) is 26.0 Å². The Morgan fingerprint density at radius 2 is 2.07 bits per heavy atom. The first-order chi connectivity index (χ1) is 6.96. The number of hydrogen-bond donors (Lipinski definition) is 1. The van der Waals surface area contributed by atoms with Crippen molar-refractivity contribution in [1.29, 1.82) is 0 Å². The lowest BCUT2D eigenvalue weighted by molar-refractivity contribution is 0.513. The van der Waals surface area contributed by atoms with Crippen molar-refractivity contribution in [2.45, 2.75) is 44.6 Å². The highest BCUT2D eigenvalue weighted by molar-refractivity contribution is 5.30. The van der Waals surface area contributed by atoms with Gasteiger partial charge in [-0.05, 0) is 56.2 Å². The van der Waals surface area contributed by atoms with Gasteiger partial charge in [-0.15, -0.1) is 0 Å². The zero-order chi connectivity index (χ0) is 11.1. The summed E-state index contributed by atoms with van der Waals surface area (Å²) in [6.45, 7) is 3.92. The van der Waals surface area contributed by atoms with Gasteiger partial charge in [0, 0.05) is 5.54 Å². The fourth-order valence-electron chi connectivity index (χ4n) is 1.93. The maximum absolute atomic E-state index is 13.7. The first-order valence-corrected chi connectivity index (χ1v) is 5.53. The molecule has 0 unspecified atom stereocenters. The number of rotatable bonds is 3. The molecule has 1 aromatic rings. The Morgan fingerprint density at radius 1 is 1.40 bits per heavy atom. The van der Waals surface area contributed by atoms with Crippen LogP contribution >= 0.6 is 0 Å². The molecule has 0 heterocycles. The number of hydrogen-bond acceptors (Lipinski definition) is 1. The summed E-state index contributed by atoms with van der Waals surface area (Å²) in [7, 11) is 0. The summed E-state index contributed by atoms with van der Waals surface area (Å²) in [5, 5.41) is 0. The second kappa shape index (κ2) is 3.60. The third kappa shape index (κ3) is 2.78. The Morgan fingerprint density at radius 3 is 2.53 bits per heavy atom. The molecular formula is C13H18FN. The molecule has 82 valence electrons. The average molecular weight is 207 g/mol. The van der Waals surface area contributed by atoms with Crippen molar-refractivity contribution < 1.29 is 4.39 Å². The maximum atomic E-state index is 13.7.